The van der Waals surface area contributed by atoms with Crippen LogP contribution in [0.3, 0.4) is 0 Å². The van der Waals surface area contributed by atoms with Crippen LogP contribution in [0.25, 0.3) is 10.9 Å². The molecule has 0 spiro atoms. The fraction of sp³-hybridized carbons (Fsp3) is 0.375. The molecule has 1 heterocycles. The van der Waals surface area contributed by atoms with Crippen molar-refractivity contribution in [1.82, 2.24) is 4.57 Å². The molecule has 0 saturated heterocycles. The van der Waals surface area contributed by atoms with Crippen LogP contribution in [0.4, 0.5) is 13.2 Å². The van der Waals surface area contributed by atoms with Gasteiger partial charge in [0.05, 0.1) is 18.2 Å². The van der Waals surface area contributed by atoms with Crippen LogP contribution in [-0.2, 0) is 4.74 Å². The van der Waals surface area contributed by atoms with Crippen LogP contribution in [0.15, 0.2) is 17.1 Å². The number of carbonyl (C=O) groups excluding carboxylic acids is 1. The molecule has 0 bridgehead atoms. The molecule has 4 nitrogen and oxygen atoms in total. The van der Waals surface area contributed by atoms with Gasteiger partial charge in [-0.1, -0.05) is 0 Å². The lowest BCUT2D eigenvalue weighted by Crippen LogP contribution is -2.22. The first-order valence-electron chi connectivity index (χ1n) is 7.21. The summed E-state index contributed by atoms with van der Waals surface area (Å²) in [5, 5.41) is -0.161. The third-order valence-corrected chi connectivity index (χ3v) is 3.97. The van der Waals surface area contributed by atoms with E-state index in [1.807, 2.05) is 0 Å². The van der Waals surface area contributed by atoms with Crippen LogP contribution in [0.5, 0.6) is 0 Å². The highest BCUT2D eigenvalue weighted by molar-refractivity contribution is 5.94. The van der Waals surface area contributed by atoms with Gasteiger partial charge in [0.1, 0.15) is 11.7 Å². The Bertz CT molecular complexity index is 875. The molecular formula is C16H14F3NO3. The summed E-state index contributed by atoms with van der Waals surface area (Å²) in [6, 6.07) is 0.143. The van der Waals surface area contributed by atoms with E-state index in [4.69, 9.17) is 4.74 Å². The molecule has 0 amide bonds. The molecule has 0 unspecified atom stereocenters. The fourth-order valence-electron chi connectivity index (χ4n) is 2.71. The summed E-state index contributed by atoms with van der Waals surface area (Å²) in [6.07, 6.45) is 0.221. The number of aromatic nitrogens is 1. The molecule has 1 aliphatic carbocycles. The number of nitrogens with zero attached hydrogens (tertiary/aromatic N) is 1. The van der Waals surface area contributed by atoms with Crippen LogP contribution in [-0.4, -0.2) is 23.3 Å². The van der Waals surface area contributed by atoms with Crippen molar-refractivity contribution in [3.05, 3.63) is 45.2 Å². The van der Waals surface area contributed by atoms with Crippen molar-refractivity contribution in [3.8, 4) is 0 Å². The second kappa shape index (κ2) is 5.40. The zero-order valence-corrected chi connectivity index (χ0v) is 12.5. The lowest BCUT2D eigenvalue weighted by Gasteiger charge is -2.15. The van der Waals surface area contributed by atoms with Crippen LogP contribution < -0.4 is 5.43 Å². The Balaban J connectivity index is 2.38. The Labute approximate surface area is 129 Å². The molecule has 1 saturated carbocycles. The van der Waals surface area contributed by atoms with E-state index < -0.39 is 35.2 Å². The quantitative estimate of drug-likeness (QED) is 0.815. The predicted molar refractivity (Wildman–Crippen MR) is 77.4 cm³/mol. The van der Waals surface area contributed by atoms with Crippen molar-refractivity contribution >= 4 is 16.9 Å². The summed E-state index contributed by atoms with van der Waals surface area (Å²) in [4.78, 5) is 24.4. The molecule has 2 atom stereocenters. The summed E-state index contributed by atoms with van der Waals surface area (Å²) in [5.74, 6) is -3.15. The fourth-order valence-corrected chi connectivity index (χ4v) is 2.71. The lowest BCUT2D eigenvalue weighted by molar-refractivity contribution is 0.0524. The molecule has 122 valence electrons. The number of aryl methyl sites for hydroxylation is 1. The average molecular weight is 325 g/mol. The molecule has 1 fully saturated rings. The first-order valence-corrected chi connectivity index (χ1v) is 7.21. The Morgan fingerprint density at radius 2 is 2.09 bits per heavy atom. The summed E-state index contributed by atoms with van der Waals surface area (Å²) in [5.41, 5.74) is -1.06. The molecule has 0 aliphatic heterocycles. The lowest BCUT2D eigenvalue weighted by atomic mass is 10.1. The van der Waals surface area contributed by atoms with Crippen LogP contribution in [0.1, 0.15) is 35.3 Å². The smallest absolute Gasteiger partial charge is 0.343 e. The minimum atomic E-state index is -1.19. The number of alkyl halides is 1. The number of hydrogen-bond acceptors (Lipinski definition) is 3. The first-order chi connectivity index (χ1) is 10.9. The van der Waals surface area contributed by atoms with Crippen LogP contribution >= 0.6 is 0 Å². The van der Waals surface area contributed by atoms with E-state index in [0.29, 0.717) is 0 Å². The molecule has 0 N–H and O–H groups in total. The van der Waals surface area contributed by atoms with E-state index >= 15 is 0 Å². The number of halogens is 3. The number of ether oxygens (including phenoxy) is 1. The molecule has 1 aromatic heterocycles. The van der Waals surface area contributed by atoms with Gasteiger partial charge in [0.15, 0.2) is 11.6 Å². The van der Waals surface area contributed by atoms with Crippen molar-refractivity contribution in [1.29, 1.82) is 0 Å². The normalized spacial score (nSPS) is 19.9. The monoisotopic (exact) mass is 325 g/mol. The van der Waals surface area contributed by atoms with Gasteiger partial charge in [-0.05, 0) is 19.9 Å². The summed E-state index contributed by atoms with van der Waals surface area (Å²) >= 11 is 0. The maximum atomic E-state index is 13.9. The zero-order chi connectivity index (χ0) is 16.9. The summed E-state index contributed by atoms with van der Waals surface area (Å²) in [6.45, 7) is 2.95. The molecule has 23 heavy (non-hydrogen) atoms. The van der Waals surface area contributed by atoms with E-state index in [9.17, 15) is 22.8 Å². The van der Waals surface area contributed by atoms with Gasteiger partial charge in [-0.15, -0.1) is 0 Å². The minimum Gasteiger partial charge on any atom is -0.462 e. The highest BCUT2D eigenvalue weighted by Gasteiger charge is 2.40. The summed E-state index contributed by atoms with van der Waals surface area (Å²) in [7, 11) is 0. The third-order valence-electron chi connectivity index (χ3n) is 3.97. The van der Waals surface area contributed by atoms with E-state index in [0.717, 1.165) is 6.07 Å². The molecule has 2 aromatic rings. The second-order valence-electron chi connectivity index (χ2n) is 5.51. The first kappa shape index (κ1) is 15.6. The standard InChI is InChI=1S/C16H14F3NO3/c1-3-23-16(22)9-6-20(12-5-10(12)17)14-7(2)13(19)11(18)4-8(14)15(9)21/h4,6,10,12H,3,5H2,1-2H3/t10-,12+/m0/s1. The summed E-state index contributed by atoms with van der Waals surface area (Å²) < 4.78 is 47.2. The maximum Gasteiger partial charge on any atom is 0.343 e. The van der Waals surface area contributed by atoms with Crippen LogP contribution in [0, 0.1) is 18.6 Å². The van der Waals surface area contributed by atoms with Crippen molar-refractivity contribution in [3.63, 3.8) is 0 Å². The van der Waals surface area contributed by atoms with Crippen molar-refractivity contribution < 1.29 is 22.7 Å². The topological polar surface area (TPSA) is 48.3 Å². The second-order valence-corrected chi connectivity index (χ2v) is 5.51. The number of fused-ring (bicyclic) bond motifs is 1. The Kier molecular flexibility index (Phi) is 3.66. The largest absolute Gasteiger partial charge is 0.462 e. The van der Waals surface area contributed by atoms with Gasteiger partial charge in [-0.2, -0.15) is 0 Å². The zero-order valence-electron chi connectivity index (χ0n) is 12.5. The van der Waals surface area contributed by atoms with Crippen molar-refractivity contribution in [2.45, 2.75) is 32.5 Å². The predicted octanol–water partition coefficient (Wildman–Crippen LogP) is 3.05. The van der Waals surface area contributed by atoms with Crippen LogP contribution in [0.2, 0.25) is 0 Å². The van der Waals surface area contributed by atoms with Gasteiger partial charge in [0, 0.05) is 23.6 Å². The van der Waals surface area contributed by atoms with Gasteiger partial charge < -0.3 is 9.30 Å². The molecule has 3 rings (SSSR count). The number of rotatable bonds is 3. The van der Waals surface area contributed by atoms with E-state index in [1.54, 1.807) is 6.92 Å². The number of benzene rings is 1. The molecule has 7 heteroatoms. The van der Waals surface area contributed by atoms with Gasteiger partial charge in [0.25, 0.3) is 0 Å². The number of esters is 1. The highest BCUT2D eigenvalue weighted by Crippen LogP contribution is 2.41. The molecule has 1 aromatic carbocycles. The van der Waals surface area contributed by atoms with Gasteiger partial charge in [-0.25, -0.2) is 18.0 Å². The van der Waals surface area contributed by atoms with E-state index in [-0.39, 0.29) is 35.1 Å². The molecule has 1 aliphatic rings. The minimum absolute atomic E-state index is 0.0578. The molecule has 0 radical (unpaired) electrons. The number of carbonyl (C=O) groups is 1. The Morgan fingerprint density at radius 1 is 1.43 bits per heavy atom. The highest BCUT2D eigenvalue weighted by atomic mass is 19.2. The van der Waals surface area contributed by atoms with Gasteiger partial charge in [-0.3, -0.25) is 4.79 Å². The van der Waals surface area contributed by atoms with Gasteiger partial charge >= 0.3 is 5.97 Å². The molecular weight excluding hydrogens is 311 g/mol. The van der Waals surface area contributed by atoms with Crippen molar-refractivity contribution in [2.75, 3.05) is 6.61 Å². The Hall–Kier alpha value is -2.31. The van der Waals surface area contributed by atoms with E-state index in [2.05, 4.69) is 0 Å². The number of pyridine rings is 1. The SMILES string of the molecule is CCOC(=O)c1cn([C@@H]2C[C@@H]2F)c2c(C)c(F)c(F)cc2c1=O. The number of hydrogen-bond donors (Lipinski definition) is 0. The van der Waals surface area contributed by atoms with Crippen molar-refractivity contribution in [2.24, 2.45) is 0 Å². The maximum absolute atomic E-state index is 13.9. The Morgan fingerprint density at radius 3 is 2.65 bits per heavy atom. The average Bonchev–Trinajstić information content (AvgIpc) is 3.23. The third kappa shape index (κ3) is 2.40. The van der Waals surface area contributed by atoms with Gasteiger partial charge in [0.2, 0.25) is 5.43 Å². The van der Waals surface area contributed by atoms with E-state index in [1.165, 1.54) is 17.7 Å².